The normalized spacial score (nSPS) is 18.0. The van der Waals surface area contributed by atoms with E-state index in [0.29, 0.717) is 17.5 Å². The van der Waals surface area contributed by atoms with E-state index in [1.165, 1.54) is 0 Å². The highest BCUT2D eigenvalue weighted by atomic mass is 16.5. The minimum Gasteiger partial charge on any atom is -0.493 e. The van der Waals surface area contributed by atoms with Crippen molar-refractivity contribution in [2.24, 2.45) is 11.8 Å². The molecule has 134 valence electrons. The van der Waals surface area contributed by atoms with Gasteiger partial charge in [-0.05, 0) is 56.0 Å². The molecule has 0 radical (unpaired) electrons. The molecule has 0 aliphatic heterocycles. The summed E-state index contributed by atoms with van der Waals surface area (Å²) >= 11 is 0. The third-order valence-corrected chi connectivity index (χ3v) is 3.89. The summed E-state index contributed by atoms with van der Waals surface area (Å²) in [6, 6.07) is 5.65. The van der Waals surface area contributed by atoms with Gasteiger partial charge in [0.15, 0.2) is 0 Å². The van der Waals surface area contributed by atoms with Crippen LogP contribution in [0.4, 0.5) is 0 Å². The van der Waals surface area contributed by atoms with Crippen LogP contribution in [0, 0.1) is 12.8 Å². The molecule has 5 nitrogen and oxygen atoms in total. The van der Waals surface area contributed by atoms with Crippen LogP contribution < -0.4 is 10.6 Å². The smallest absolute Gasteiger partial charge is 0.122 e. The van der Waals surface area contributed by atoms with Gasteiger partial charge in [0.05, 0.1) is 18.4 Å². The molecule has 24 heavy (non-hydrogen) atoms. The average molecular weight is 334 g/mol. The summed E-state index contributed by atoms with van der Waals surface area (Å²) in [5.41, 5.74) is 2.49. The van der Waals surface area contributed by atoms with Crippen LogP contribution in [0.3, 0.4) is 0 Å². The Morgan fingerprint density at radius 1 is 1.38 bits per heavy atom. The Kier molecular flexibility index (Phi) is 8.54. The number of hydrogen-bond donors (Lipinski definition) is 3. The van der Waals surface area contributed by atoms with Crippen molar-refractivity contribution in [3.8, 4) is 5.75 Å². The molecule has 1 aliphatic rings. The van der Waals surface area contributed by atoms with Crippen LogP contribution >= 0.6 is 0 Å². The van der Waals surface area contributed by atoms with Gasteiger partial charge in [-0.25, -0.2) is 5.84 Å². The molecule has 0 saturated heterocycles. The van der Waals surface area contributed by atoms with E-state index in [4.69, 9.17) is 10.6 Å². The van der Waals surface area contributed by atoms with Gasteiger partial charge in [-0.1, -0.05) is 32.1 Å². The Labute approximate surface area is 145 Å². The van der Waals surface area contributed by atoms with E-state index in [0.717, 1.165) is 29.7 Å². The Balaban J connectivity index is 0.00000139. The maximum absolute atomic E-state index is 9.60. The monoisotopic (exact) mass is 334 g/mol. The van der Waals surface area contributed by atoms with E-state index < -0.39 is 6.10 Å². The lowest BCUT2D eigenvalue weighted by atomic mass is 10.0. The highest BCUT2D eigenvalue weighted by molar-refractivity contribution is 5.37. The number of allylic oxidation sites excluding steroid dienone is 3. The number of nitrogens with zero attached hydrogens (tertiary/aromatic N) is 1. The van der Waals surface area contributed by atoms with Gasteiger partial charge in [0, 0.05) is 5.92 Å². The zero-order chi connectivity index (χ0) is 18.1. The number of aliphatic hydroxyl groups is 1. The van der Waals surface area contributed by atoms with E-state index in [1.54, 1.807) is 6.92 Å². The molecule has 1 aliphatic carbocycles. The molecule has 1 aromatic carbocycles. The average Bonchev–Trinajstić information content (AvgIpc) is 2.81. The second kappa shape index (κ2) is 10.1. The standard InChI is InChI=1S/C17H24N2O3.C2H6/c1-12-10-14(13(2)20)8-9-17(12)22-11-15-6-4-3-5-7-16(15)19(18)21;1-2/h3,5,7-10,13,15,20-21H,4,6,11,18H2,1-2H3;1-2H3/t13-,15?;/m1./s1. The Bertz CT molecular complexity index is 566. The van der Waals surface area contributed by atoms with E-state index >= 15 is 0 Å². The molecule has 1 aromatic rings. The van der Waals surface area contributed by atoms with Crippen LogP contribution in [-0.2, 0) is 0 Å². The van der Waals surface area contributed by atoms with Crippen LogP contribution in [0.2, 0.25) is 0 Å². The van der Waals surface area contributed by atoms with Crippen molar-refractivity contribution in [1.82, 2.24) is 5.17 Å². The number of aliphatic hydroxyl groups excluding tert-OH is 1. The first-order chi connectivity index (χ1) is 11.5. The van der Waals surface area contributed by atoms with Crippen LogP contribution in [0.1, 0.15) is 50.8 Å². The van der Waals surface area contributed by atoms with Crippen molar-refractivity contribution in [2.75, 3.05) is 6.61 Å². The molecular weight excluding hydrogens is 304 g/mol. The van der Waals surface area contributed by atoms with E-state index in [-0.39, 0.29) is 5.92 Å². The molecule has 0 amide bonds. The Hall–Kier alpha value is -1.82. The van der Waals surface area contributed by atoms with E-state index in [2.05, 4.69) is 0 Å². The summed E-state index contributed by atoms with van der Waals surface area (Å²) in [7, 11) is 0. The van der Waals surface area contributed by atoms with Gasteiger partial charge in [0.1, 0.15) is 5.75 Å². The predicted molar refractivity (Wildman–Crippen MR) is 96.4 cm³/mol. The molecule has 0 heterocycles. The predicted octanol–water partition coefficient (Wildman–Crippen LogP) is 3.87. The number of hydroxylamine groups is 1. The van der Waals surface area contributed by atoms with E-state index in [9.17, 15) is 10.3 Å². The highest BCUT2D eigenvalue weighted by Crippen LogP contribution is 2.26. The Morgan fingerprint density at radius 3 is 2.67 bits per heavy atom. The fourth-order valence-electron chi connectivity index (χ4n) is 2.56. The number of rotatable bonds is 5. The Morgan fingerprint density at radius 2 is 2.08 bits per heavy atom. The van der Waals surface area contributed by atoms with Crippen molar-refractivity contribution >= 4 is 0 Å². The second-order valence-electron chi connectivity index (χ2n) is 5.65. The molecule has 2 atom stereocenters. The first-order valence-corrected chi connectivity index (χ1v) is 8.51. The second-order valence-corrected chi connectivity index (χ2v) is 5.65. The first-order valence-electron chi connectivity index (χ1n) is 8.51. The lowest BCUT2D eigenvalue weighted by Gasteiger charge is -2.23. The van der Waals surface area contributed by atoms with Crippen LogP contribution in [-0.4, -0.2) is 22.1 Å². The number of benzene rings is 1. The fourth-order valence-corrected chi connectivity index (χ4v) is 2.56. The quantitative estimate of drug-likeness (QED) is 0.563. The van der Waals surface area contributed by atoms with Gasteiger partial charge < -0.3 is 9.84 Å². The molecule has 2 rings (SSSR count). The third-order valence-electron chi connectivity index (χ3n) is 3.89. The molecular formula is C19H30N2O3. The lowest BCUT2D eigenvalue weighted by molar-refractivity contribution is -0.0698. The minimum atomic E-state index is -0.490. The molecule has 0 fully saturated rings. The lowest BCUT2D eigenvalue weighted by Crippen LogP contribution is -2.32. The van der Waals surface area contributed by atoms with Gasteiger partial charge in [-0.3, -0.25) is 5.21 Å². The third kappa shape index (κ3) is 5.67. The SMILES string of the molecule is CC.Cc1cc([C@@H](C)O)ccc1OCC1CCC=CC=C1N(N)O. The van der Waals surface area contributed by atoms with Crippen LogP contribution in [0.5, 0.6) is 5.75 Å². The summed E-state index contributed by atoms with van der Waals surface area (Å²) in [5, 5.41) is 19.8. The van der Waals surface area contributed by atoms with Crippen molar-refractivity contribution in [1.29, 1.82) is 0 Å². The number of aryl methyl sites for hydroxylation is 1. The zero-order valence-corrected chi connectivity index (χ0v) is 15.1. The summed E-state index contributed by atoms with van der Waals surface area (Å²) in [6.07, 6.45) is 7.05. The molecule has 4 N–H and O–H groups in total. The topological polar surface area (TPSA) is 79.0 Å². The van der Waals surface area contributed by atoms with Gasteiger partial charge in [-0.2, -0.15) is 5.17 Å². The summed E-state index contributed by atoms with van der Waals surface area (Å²) in [5.74, 6) is 6.29. The van der Waals surface area contributed by atoms with Crippen molar-refractivity contribution in [3.63, 3.8) is 0 Å². The number of hydrazine groups is 1. The summed E-state index contributed by atoms with van der Waals surface area (Å²) in [4.78, 5) is 0. The zero-order valence-electron chi connectivity index (χ0n) is 15.1. The molecule has 1 unspecified atom stereocenters. The number of nitrogens with two attached hydrogens (primary N) is 1. The van der Waals surface area contributed by atoms with Crippen LogP contribution in [0.15, 0.2) is 42.1 Å². The van der Waals surface area contributed by atoms with Crippen LogP contribution in [0.25, 0.3) is 0 Å². The number of hydrogen-bond acceptors (Lipinski definition) is 5. The van der Waals surface area contributed by atoms with Gasteiger partial charge >= 0.3 is 0 Å². The molecule has 0 spiro atoms. The molecule has 0 bridgehead atoms. The maximum atomic E-state index is 9.60. The van der Waals surface area contributed by atoms with Gasteiger partial charge in [0.2, 0.25) is 0 Å². The maximum Gasteiger partial charge on any atom is 0.122 e. The minimum absolute atomic E-state index is 0.0286. The van der Waals surface area contributed by atoms with Crippen molar-refractivity contribution in [3.05, 3.63) is 53.3 Å². The van der Waals surface area contributed by atoms with Gasteiger partial charge in [-0.15, -0.1) is 0 Å². The molecule has 5 heteroatoms. The van der Waals surface area contributed by atoms with E-state index in [1.807, 2.05) is 57.2 Å². The number of ether oxygens (including phenoxy) is 1. The van der Waals surface area contributed by atoms with Gasteiger partial charge in [0.25, 0.3) is 0 Å². The molecule has 0 aromatic heterocycles. The van der Waals surface area contributed by atoms with Crippen molar-refractivity contribution in [2.45, 2.75) is 46.6 Å². The first kappa shape index (κ1) is 20.2. The summed E-state index contributed by atoms with van der Waals surface area (Å²) in [6.45, 7) is 8.13. The van der Waals surface area contributed by atoms with Crippen molar-refractivity contribution < 1.29 is 15.1 Å². The summed E-state index contributed by atoms with van der Waals surface area (Å²) < 4.78 is 5.90. The largest absolute Gasteiger partial charge is 0.493 e. The molecule has 0 saturated carbocycles. The highest BCUT2D eigenvalue weighted by Gasteiger charge is 2.19. The fraction of sp³-hybridized carbons (Fsp3) is 0.474.